The van der Waals surface area contributed by atoms with E-state index in [4.69, 9.17) is 16.3 Å². The van der Waals surface area contributed by atoms with Crippen molar-refractivity contribution >= 4 is 17.5 Å². The largest absolute Gasteiger partial charge is 0.504 e. The van der Waals surface area contributed by atoms with Gasteiger partial charge in [0.25, 0.3) is 0 Å². The average molecular weight is 358 g/mol. The molecule has 2 aromatic rings. The molecule has 0 spiro atoms. The molecule has 130 valence electrons. The van der Waals surface area contributed by atoms with E-state index < -0.39 is 0 Å². The van der Waals surface area contributed by atoms with Crippen LogP contribution in [0.25, 0.3) is 11.1 Å². The van der Waals surface area contributed by atoms with Crippen LogP contribution in [0.4, 0.5) is 0 Å². The van der Waals surface area contributed by atoms with Crippen LogP contribution in [-0.4, -0.2) is 29.1 Å². The molecule has 4 nitrogen and oxygen atoms in total. The quantitative estimate of drug-likeness (QED) is 0.894. The van der Waals surface area contributed by atoms with Gasteiger partial charge in [0, 0.05) is 23.6 Å². The number of carbonyl (C=O) groups is 1. The third-order valence-electron chi connectivity index (χ3n) is 4.79. The molecule has 4 rings (SSSR count). The molecule has 1 saturated carbocycles. The first-order valence-corrected chi connectivity index (χ1v) is 9.00. The van der Waals surface area contributed by atoms with Crippen molar-refractivity contribution in [3.05, 3.63) is 47.0 Å². The predicted octanol–water partition coefficient (Wildman–Crippen LogP) is 4.23. The van der Waals surface area contributed by atoms with Crippen molar-refractivity contribution in [3.8, 4) is 22.6 Å². The molecule has 1 aliphatic carbocycles. The minimum absolute atomic E-state index is 0.101. The number of fused-ring (bicyclic) bond motifs is 1. The van der Waals surface area contributed by atoms with Crippen LogP contribution in [0.2, 0.25) is 5.02 Å². The molecule has 1 aliphatic heterocycles. The summed E-state index contributed by atoms with van der Waals surface area (Å²) in [4.78, 5) is 14.3. The molecular weight excluding hydrogens is 338 g/mol. The Morgan fingerprint density at radius 2 is 2.08 bits per heavy atom. The van der Waals surface area contributed by atoms with Crippen molar-refractivity contribution < 1.29 is 14.6 Å². The van der Waals surface area contributed by atoms with Gasteiger partial charge in [-0.2, -0.15) is 0 Å². The Bertz CT molecular complexity index is 817. The maximum atomic E-state index is 12.5. The van der Waals surface area contributed by atoms with Crippen molar-refractivity contribution in [1.29, 1.82) is 0 Å². The van der Waals surface area contributed by atoms with Gasteiger partial charge < -0.3 is 14.7 Å². The molecule has 0 radical (unpaired) electrons. The SMILES string of the molecule is O=C(CC1CC1)N1CCOc2c(O)cc(-c3cccc(Cl)c3)cc2C1. The van der Waals surface area contributed by atoms with E-state index in [1.165, 1.54) is 0 Å². The molecule has 0 saturated heterocycles. The van der Waals surface area contributed by atoms with Crippen molar-refractivity contribution in [1.82, 2.24) is 4.90 Å². The number of benzene rings is 2. The molecule has 0 unspecified atom stereocenters. The Labute approximate surface area is 152 Å². The van der Waals surface area contributed by atoms with Crippen LogP contribution in [0.3, 0.4) is 0 Å². The molecule has 2 aromatic carbocycles. The van der Waals surface area contributed by atoms with Gasteiger partial charge in [-0.05, 0) is 54.2 Å². The lowest BCUT2D eigenvalue weighted by molar-refractivity contribution is -0.132. The number of phenolic OH excluding ortho intramolecular Hbond substituents is 1. The Morgan fingerprint density at radius 1 is 1.24 bits per heavy atom. The van der Waals surface area contributed by atoms with E-state index >= 15 is 0 Å². The summed E-state index contributed by atoms with van der Waals surface area (Å²) in [7, 11) is 0. The summed E-state index contributed by atoms with van der Waals surface area (Å²) in [5.41, 5.74) is 2.61. The highest BCUT2D eigenvalue weighted by atomic mass is 35.5. The number of ether oxygens (including phenoxy) is 1. The fourth-order valence-electron chi connectivity index (χ4n) is 3.24. The monoisotopic (exact) mass is 357 g/mol. The van der Waals surface area contributed by atoms with Crippen molar-refractivity contribution in [2.24, 2.45) is 5.92 Å². The van der Waals surface area contributed by atoms with Crippen LogP contribution in [0, 0.1) is 5.92 Å². The van der Waals surface area contributed by atoms with Crippen LogP contribution in [-0.2, 0) is 11.3 Å². The number of aromatic hydroxyl groups is 1. The fourth-order valence-corrected chi connectivity index (χ4v) is 3.43. The van der Waals surface area contributed by atoms with E-state index in [-0.39, 0.29) is 11.7 Å². The maximum absolute atomic E-state index is 12.5. The molecular formula is C20H20ClNO3. The van der Waals surface area contributed by atoms with E-state index in [9.17, 15) is 9.90 Å². The summed E-state index contributed by atoms with van der Waals surface area (Å²) in [6.45, 7) is 1.41. The lowest BCUT2D eigenvalue weighted by Gasteiger charge is -2.20. The highest BCUT2D eigenvalue weighted by molar-refractivity contribution is 6.30. The first-order valence-electron chi connectivity index (χ1n) is 8.62. The number of amides is 1. The van der Waals surface area contributed by atoms with Crippen molar-refractivity contribution in [3.63, 3.8) is 0 Å². The first-order chi connectivity index (χ1) is 12.1. The number of nitrogens with zero attached hydrogens (tertiary/aromatic N) is 1. The van der Waals surface area contributed by atoms with Gasteiger partial charge in [0.05, 0.1) is 6.54 Å². The molecule has 25 heavy (non-hydrogen) atoms. The van der Waals surface area contributed by atoms with Gasteiger partial charge in [0.15, 0.2) is 11.5 Å². The van der Waals surface area contributed by atoms with Crippen molar-refractivity contribution in [2.75, 3.05) is 13.2 Å². The summed E-state index contributed by atoms with van der Waals surface area (Å²) < 4.78 is 5.72. The van der Waals surface area contributed by atoms with E-state index in [0.717, 1.165) is 29.5 Å². The Hall–Kier alpha value is -2.20. The molecule has 1 heterocycles. The minimum Gasteiger partial charge on any atom is -0.504 e. The molecule has 1 fully saturated rings. The Kier molecular flexibility index (Phi) is 4.30. The van der Waals surface area contributed by atoms with Gasteiger partial charge in [-0.3, -0.25) is 4.79 Å². The third-order valence-corrected chi connectivity index (χ3v) is 5.02. The summed E-state index contributed by atoms with van der Waals surface area (Å²) in [6.07, 6.45) is 2.94. The molecule has 1 N–H and O–H groups in total. The van der Waals surface area contributed by atoms with Gasteiger partial charge in [-0.1, -0.05) is 23.7 Å². The number of rotatable bonds is 3. The van der Waals surface area contributed by atoms with E-state index in [2.05, 4.69) is 0 Å². The van der Waals surface area contributed by atoms with Gasteiger partial charge in [-0.15, -0.1) is 0 Å². The zero-order chi connectivity index (χ0) is 17.4. The predicted molar refractivity (Wildman–Crippen MR) is 96.8 cm³/mol. The molecule has 0 atom stereocenters. The van der Waals surface area contributed by atoms with E-state index in [1.54, 1.807) is 6.07 Å². The highest BCUT2D eigenvalue weighted by Gasteiger charge is 2.29. The zero-order valence-electron chi connectivity index (χ0n) is 13.9. The number of carbonyl (C=O) groups excluding carboxylic acids is 1. The standard InChI is InChI=1S/C20H20ClNO3/c21-17-3-1-2-14(10-17)15-9-16-12-22(19(24)8-13-4-5-13)6-7-25-20(16)18(23)11-15/h1-3,9-11,13,23H,4-8,12H2. The second-order valence-electron chi connectivity index (χ2n) is 6.81. The topological polar surface area (TPSA) is 49.8 Å². The van der Waals surface area contributed by atoms with Crippen LogP contribution in [0.5, 0.6) is 11.5 Å². The Morgan fingerprint density at radius 3 is 2.84 bits per heavy atom. The lowest BCUT2D eigenvalue weighted by Crippen LogP contribution is -2.32. The second-order valence-corrected chi connectivity index (χ2v) is 7.24. The van der Waals surface area contributed by atoms with E-state index in [1.807, 2.05) is 35.2 Å². The van der Waals surface area contributed by atoms with Gasteiger partial charge >= 0.3 is 0 Å². The molecule has 5 heteroatoms. The first kappa shape index (κ1) is 16.3. The van der Waals surface area contributed by atoms with Gasteiger partial charge in [0.2, 0.25) is 5.91 Å². The second kappa shape index (κ2) is 6.60. The number of phenols is 1. The highest BCUT2D eigenvalue weighted by Crippen LogP contribution is 2.39. The van der Waals surface area contributed by atoms with E-state index in [0.29, 0.717) is 42.8 Å². The molecule has 0 bridgehead atoms. The van der Waals surface area contributed by atoms with Crippen LogP contribution < -0.4 is 4.74 Å². The molecule has 0 aromatic heterocycles. The smallest absolute Gasteiger partial charge is 0.223 e. The number of halogens is 1. The zero-order valence-corrected chi connectivity index (χ0v) is 14.6. The number of hydrogen-bond acceptors (Lipinski definition) is 3. The maximum Gasteiger partial charge on any atom is 0.223 e. The average Bonchev–Trinajstić information content (AvgIpc) is 3.40. The molecule has 1 amide bonds. The number of hydrogen-bond donors (Lipinski definition) is 1. The van der Waals surface area contributed by atoms with Crippen LogP contribution in [0.15, 0.2) is 36.4 Å². The van der Waals surface area contributed by atoms with Gasteiger partial charge in [-0.25, -0.2) is 0 Å². The lowest BCUT2D eigenvalue weighted by atomic mass is 10.0. The van der Waals surface area contributed by atoms with Crippen LogP contribution in [0.1, 0.15) is 24.8 Å². The summed E-state index contributed by atoms with van der Waals surface area (Å²) in [5.74, 6) is 1.31. The fraction of sp³-hybridized carbons (Fsp3) is 0.350. The van der Waals surface area contributed by atoms with Gasteiger partial charge in [0.1, 0.15) is 6.61 Å². The normalized spacial score (nSPS) is 16.8. The van der Waals surface area contributed by atoms with Crippen LogP contribution >= 0.6 is 11.6 Å². The summed E-state index contributed by atoms with van der Waals surface area (Å²) in [6, 6.07) is 11.2. The Balaban J connectivity index is 1.65. The third kappa shape index (κ3) is 3.59. The van der Waals surface area contributed by atoms with Crippen molar-refractivity contribution in [2.45, 2.75) is 25.8 Å². The summed E-state index contributed by atoms with van der Waals surface area (Å²) >= 11 is 6.08. The summed E-state index contributed by atoms with van der Waals surface area (Å²) in [5, 5.41) is 11.1. The molecule has 2 aliphatic rings. The minimum atomic E-state index is 0.101.